The molecule has 1 aromatic heterocycles. The van der Waals surface area contributed by atoms with E-state index in [1.165, 1.54) is 12.3 Å². The zero-order valence-corrected chi connectivity index (χ0v) is 11.3. The third-order valence-corrected chi connectivity index (χ3v) is 2.40. The van der Waals surface area contributed by atoms with Crippen molar-refractivity contribution < 1.29 is 9.53 Å². The van der Waals surface area contributed by atoms with E-state index < -0.39 is 5.91 Å². The highest BCUT2D eigenvalue weighted by molar-refractivity contribution is 5.98. The van der Waals surface area contributed by atoms with Crippen molar-refractivity contribution in [3.05, 3.63) is 17.8 Å². The molecule has 0 atom stereocenters. The van der Waals surface area contributed by atoms with E-state index in [0.29, 0.717) is 31.3 Å². The molecular formula is C12H21N5O2. The Bertz CT molecular complexity index is 423. The first kappa shape index (κ1) is 15.2. The molecule has 7 nitrogen and oxygen atoms in total. The van der Waals surface area contributed by atoms with Crippen molar-refractivity contribution in [2.75, 3.05) is 51.4 Å². The van der Waals surface area contributed by atoms with Gasteiger partial charge in [-0.1, -0.05) is 0 Å². The van der Waals surface area contributed by atoms with Gasteiger partial charge in [0.25, 0.3) is 5.91 Å². The minimum absolute atomic E-state index is 0.285. The van der Waals surface area contributed by atoms with Crippen LogP contribution in [0.2, 0.25) is 0 Å². The maximum absolute atomic E-state index is 11.2. The Balaban J connectivity index is 2.39. The highest BCUT2D eigenvalue weighted by Gasteiger charge is 2.09. The minimum atomic E-state index is -0.559. The molecule has 0 unspecified atom stereocenters. The molecule has 1 amide bonds. The topological polar surface area (TPSA) is 106 Å². The summed E-state index contributed by atoms with van der Waals surface area (Å²) in [5, 5.41) is 3.00. The fourth-order valence-corrected chi connectivity index (χ4v) is 1.40. The molecule has 1 aromatic rings. The van der Waals surface area contributed by atoms with Gasteiger partial charge >= 0.3 is 0 Å². The number of hydrogen-bond donors (Lipinski definition) is 3. The summed E-state index contributed by atoms with van der Waals surface area (Å²) in [6.07, 6.45) is 1.47. The second kappa shape index (κ2) is 7.55. The van der Waals surface area contributed by atoms with E-state index in [1.54, 1.807) is 0 Å². The normalized spacial score (nSPS) is 10.7. The average molecular weight is 267 g/mol. The molecule has 0 saturated heterocycles. The summed E-state index contributed by atoms with van der Waals surface area (Å²) in [7, 11) is 3.97. The number of hydrogen-bond acceptors (Lipinski definition) is 6. The molecule has 0 aliphatic carbocycles. The van der Waals surface area contributed by atoms with Crippen LogP contribution in [0, 0.1) is 0 Å². The van der Waals surface area contributed by atoms with Crippen molar-refractivity contribution >= 4 is 17.4 Å². The van der Waals surface area contributed by atoms with E-state index >= 15 is 0 Å². The first-order chi connectivity index (χ1) is 9.00. The summed E-state index contributed by atoms with van der Waals surface area (Å²) < 4.78 is 5.42. The predicted octanol–water partition coefficient (Wildman–Crippen LogP) is -0.247. The monoisotopic (exact) mass is 267 g/mol. The quantitative estimate of drug-likeness (QED) is 0.561. The van der Waals surface area contributed by atoms with Gasteiger partial charge in [0.05, 0.1) is 30.7 Å². The lowest BCUT2D eigenvalue weighted by molar-refractivity contribution is 0.100. The number of amides is 1. The number of aromatic nitrogens is 1. The summed E-state index contributed by atoms with van der Waals surface area (Å²) in [6.45, 7) is 2.60. The van der Waals surface area contributed by atoms with Crippen LogP contribution in [0.25, 0.3) is 0 Å². The third-order valence-electron chi connectivity index (χ3n) is 2.40. The number of primary amides is 1. The number of likely N-dealkylation sites (N-methyl/N-ethyl adjacent to an activating group) is 1. The average Bonchev–Trinajstić information content (AvgIpc) is 2.34. The van der Waals surface area contributed by atoms with E-state index in [9.17, 15) is 4.79 Å². The van der Waals surface area contributed by atoms with Crippen LogP contribution in [0.15, 0.2) is 12.3 Å². The van der Waals surface area contributed by atoms with Crippen LogP contribution in [0.5, 0.6) is 0 Å². The highest BCUT2D eigenvalue weighted by Crippen LogP contribution is 2.14. The number of nitrogen functional groups attached to an aromatic ring is 1. The van der Waals surface area contributed by atoms with E-state index in [0.717, 1.165) is 6.54 Å². The number of nitrogens with zero attached hydrogens (tertiary/aromatic N) is 2. The van der Waals surface area contributed by atoms with E-state index in [1.807, 2.05) is 19.0 Å². The standard InChI is InChI=1S/C12H21N5O2/c1-17(2)4-6-19-5-3-15-12-10(11(14)18)7-9(13)8-16-12/h7-8H,3-6,13H2,1-2H3,(H2,14,18)(H,15,16). The smallest absolute Gasteiger partial charge is 0.252 e. The fraction of sp³-hybridized carbons (Fsp3) is 0.500. The number of carbonyl (C=O) groups excluding carboxylic acids is 1. The number of nitrogens with two attached hydrogens (primary N) is 2. The second-order valence-electron chi connectivity index (χ2n) is 4.37. The van der Waals surface area contributed by atoms with Gasteiger partial charge in [-0.15, -0.1) is 0 Å². The first-order valence-electron chi connectivity index (χ1n) is 6.02. The van der Waals surface area contributed by atoms with Gasteiger partial charge in [0.15, 0.2) is 0 Å². The van der Waals surface area contributed by atoms with Crippen molar-refractivity contribution in [3.63, 3.8) is 0 Å². The SMILES string of the molecule is CN(C)CCOCCNc1ncc(N)cc1C(N)=O. The molecule has 19 heavy (non-hydrogen) atoms. The van der Waals surface area contributed by atoms with E-state index in [4.69, 9.17) is 16.2 Å². The van der Waals surface area contributed by atoms with Crippen LogP contribution in [0.1, 0.15) is 10.4 Å². The summed E-state index contributed by atoms with van der Waals surface area (Å²) >= 11 is 0. The van der Waals surface area contributed by atoms with E-state index in [-0.39, 0.29) is 5.56 Å². The van der Waals surface area contributed by atoms with Crippen LogP contribution in [-0.2, 0) is 4.74 Å². The Labute approximate surface area is 112 Å². The maximum atomic E-state index is 11.2. The number of anilines is 2. The molecule has 0 aromatic carbocycles. The Morgan fingerprint density at radius 1 is 1.47 bits per heavy atom. The number of pyridine rings is 1. The van der Waals surface area contributed by atoms with Gasteiger partial charge in [0, 0.05) is 13.1 Å². The van der Waals surface area contributed by atoms with Gasteiger partial charge in [0.1, 0.15) is 5.82 Å². The molecule has 0 bridgehead atoms. The van der Waals surface area contributed by atoms with Crippen molar-refractivity contribution in [3.8, 4) is 0 Å². The Morgan fingerprint density at radius 3 is 2.84 bits per heavy atom. The lowest BCUT2D eigenvalue weighted by atomic mass is 10.2. The summed E-state index contributed by atoms with van der Waals surface area (Å²) in [5.41, 5.74) is 11.5. The Morgan fingerprint density at radius 2 is 2.21 bits per heavy atom. The third kappa shape index (κ3) is 5.54. The Hall–Kier alpha value is -1.86. The second-order valence-corrected chi connectivity index (χ2v) is 4.37. The van der Waals surface area contributed by atoms with Crippen molar-refractivity contribution in [2.45, 2.75) is 0 Å². The fourth-order valence-electron chi connectivity index (χ4n) is 1.40. The van der Waals surface area contributed by atoms with Crippen LogP contribution in [-0.4, -0.2) is 56.2 Å². The molecule has 0 fully saturated rings. The molecule has 0 saturated carbocycles. The van der Waals surface area contributed by atoms with Gasteiger partial charge in [0.2, 0.25) is 0 Å². The summed E-state index contributed by atoms with van der Waals surface area (Å²) in [6, 6.07) is 1.50. The molecule has 106 valence electrons. The largest absolute Gasteiger partial charge is 0.397 e. The molecule has 1 heterocycles. The number of carbonyl (C=O) groups is 1. The van der Waals surface area contributed by atoms with Crippen LogP contribution >= 0.6 is 0 Å². The van der Waals surface area contributed by atoms with Gasteiger partial charge in [-0.2, -0.15) is 0 Å². The molecule has 5 N–H and O–H groups in total. The maximum Gasteiger partial charge on any atom is 0.252 e. The highest BCUT2D eigenvalue weighted by atomic mass is 16.5. The van der Waals surface area contributed by atoms with Gasteiger partial charge in [-0.25, -0.2) is 4.98 Å². The van der Waals surface area contributed by atoms with Crippen molar-refractivity contribution in [1.29, 1.82) is 0 Å². The van der Waals surface area contributed by atoms with E-state index in [2.05, 4.69) is 10.3 Å². The van der Waals surface area contributed by atoms with Crippen molar-refractivity contribution in [2.24, 2.45) is 5.73 Å². The summed E-state index contributed by atoms with van der Waals surface area (Å²) in [4.78, 5) is 17.3. The van der Waals surface area contributed by atoms with Crippen LogP contribution in [0.3, 0.4) is 0 Å². The molecule has 0 radical (unpaired) electrons. The summed E-state index contributed by atoms with van der Waals surface area (Å²) in [5.74, 6) is -0.131. The molecule has 1 rings (SSSR count). The molecule has 0 aliphatic heterocycles. The number of rotatable bonds is 8. The lowest BCUT2D eigenvalue weighted by Crippen LogP contribution is -2.21. The van der Waals surface area contributed by atoms with Gasteiger partial charge in [-0.3, -0.25) is 4.79 Å². The minimum Gasteiger partial charge on any atom is -0.397 e. The predicted molar refractivity (Wildman–Crippen MR) is 75.0 cm³/mol. The van der Waals surface area contributed by atoms with Crippen LogP contribution < -0.4 is 16.8 Å². The molecular weight excluding hydrogens is 246 g/mol. The molecule has 0 aliphatic rings. The zero-order chi connectivity index (χ0) is 14.3. The number of nitrogens with one attached hydrogen (secondary N) is 1. The Kier molecular flexibility index (Phi) is 6.04. The number of ether oxygens (including phenoxy) is 1. The van der Waals surface area contributed by atoms with Crippen LogP contribution in [0.4, 0.5) is 11.5 Å². The van der Waals surface area contributed by atoms with Crippen molar-refractivity contribution in [1.82, 2.24) is 9.88 Å². The van der Waals surface area contributed by atoms with Gasteiger partial charge < -0.3 is 26.4 Å². The van der Waals surface area contributed by atoms with Gasteiger partial charge in [-0.05, 0) is 20.2 Å². The lowest BCUT2D eigenvalue weighted by Gasteiger charge is -2.11. The molecule has 7 heteroatoms. The first-order valence-corrected chi connectivity index (χ1v) is 6.02. The zero-order valence-electron chi connectivity index (χ0n) is 11.3. The molecule has 0 spiro atoms.